The summed E-state index contributed by atoms with van der Waals surface area (Å²) < 4.78 is 4.59. The van der Waals surface area contributed by atoms with E-state index in [4.69, 9.17) is 5.73 Å². The van der Waals surface area contributed by atoms with Crippen molar-refractivity contribution >= 4 is 51.5 Å². The van der Waals surface area contributed by atoms with Crippen molar-refractivity contribution in [3.8, 4) is 0 Å². The van der Waals surface area contributed by atoms with Gasteiger partial charge in [0.05, 0.1) is 60.6 Å². The van der Waals surface area contributed by atoms with Crippen LogP contribution in [0.1, 0.15) is 94.9 Å². The number of hydrogen-bond acceptors (Lipinski definition) is 7. The molecule has 10 atom stereocenters. The first-order chi connectivity index (χ1) is 27.5. The number of amides is 3. The summed E-state index contributed by atoms with van der Waals surface area (Å²) in [6.45, 7) is 22.0. The van der Waals surface area contributed by atoms with E-state index >= 15 is 0 Å². The minimum atomic E-state index is -0.932. The first-order valence-electron chi connectivity index (χ1n) is 22.0. The largest absolute Gasteiger partial charge is 2.00 e. The minimum absolute atomic E-state index is 0. The molecule has 5 rings (SSSR count). The smallest absolute Gasteiger partial charge is 0.670 e. The number of aliphatic carboxylic acids is 1. The average molecular weight is 910 g/mol. The summed E-state index contributed by atoms with van der Waals surface area (Å²) in [5, 5.41) is 18.7. The van der Waals surface area contributed by atoms with Crippen molar-refractivity contribution in [2.24, 2.45) is 59.2 Å². The van der Waals surface area contributed by atoms with Crippen LogP contribution in [0.2, 0.25) is 0 Å². The Hall–Kier alpha value is -2.19. The number of rotatable bonds is 18. The van der Waals surface area contributed by atoms with E-state index in [0.29, 0.717) is 19.5 Å². The van der Waals surface area contributed by atoms with Gasteiger partial charge in [-0.3, -0.25) is 24.0 Å². The van der Waals surface area contributed by atoms with Crippen molar-refractivity contribution in [3.63, 3.8) is 0 Å². The van der Waals surface area contributed by atoms with Crippen LogP contribution in [0.25, 0.3) is 11.1 Å². The van der Waals surface area contributed by atoms with Crippen LogP contribution in [-0.2, 0) is 50.0 Å². The molecule has 0 spiro atoms. The Morgan fingerprint density at radius 2 is 1.22 bits per heavy atom. The fourth-order valence-electron chi connectivity index (χ4n) is 8.53. The van der Waals surface area contributed by atoms with Gasteiger partial charge in [0.1, 0.15) is 6.04 Å². The Bertz CT molecular complexity index is 1380. The average Bonchev–Trinajstić information content (AvgIpc) is 4.05. The third-order valence-electron chi connectivity index (χ3n) is 12.3. The van der Waals surface area contributed by atoms with E-state index in [1.54, 1.807) is 12.3 Å². The van der Waals surface area contributed by atoms with Gasteiger partial charge in [-0.05, 0) is 76.5 Å². The minimum Gasteiger partial charge on any atom is -0.670 e. The monoisotopic (exact) mass is 908 g/mol. The topological polar surface area (TPSA) is 194 Å². The van der Waals surface area contributed by atoms with Crippen LogP contribution in [0.4, 0.5) is 0 Å². The second-order valence-corrected chi connectivity index (χ2v) is 23.8. The number of carboxylic acids is 1. The van der Waals surface area contributed by atoms with Crippen LogP contribution >= 0.6 is 15.8 Å². The summed E-state index contributed by atoms with van der Waals surface area (Å²) in [5.41, 5.74) is 7.37. The van der Waals surface area contributed by atoms with Gasteiger partial charge in [-0.25, -0.2) is 0 Å². The van der Waals surface area contributed by atoms with Gasteiger partial charge in [0.15, 0.2) is 0 Å². The van der Waals surface area contributed by atoms with Gasteiger partial charge in [0.2, 0.25) is 11.8 Å². The Morgan fingerprint density at radius 3 is 1.63 bits per heavy atom. The molecule has 2 saturated carbocycles. The molecule has 0 radical (unpaired) electrons. The molecule has 0 aromatic heterocycles. The summed E-state index contributed by atoms with van der Waals surface area (Å²) in [7, 11) is 0.175. The molecule has 3 amide bonds. The normalized spacial score (nSPS) is 26.2. The molecule has 1 heterocycles. The Morgan fingerprint density at radius 1 is 0.763 bits per heavy atom. The van der Waals surface area contributed by atoms with Crippen LogP contribution in [-0.4, -0.2) is 103 Å². The Labute approximate surface area is 367 Å². The first kappa shape index (κ1) is 54.8. The number of carbonyl (C=O) groups excluding carboxylic acids is 5. The van der Waals surface area contributed by atoms with Crippen molar-refractivity contribution in [2.75, 3.05) is 50.1 Å². The van der Waals surface area contributed by atoms with Crippen LogP contribution in [0.3, 0.4) is 0 Å². The van der Waals surface area contributed by atoms with Crippen molar-refractivity contribution in [2.45, 2.75) is 107 Å². The predicted molar refractivity (Wildman–Crippen MR) is 239 cm³/mol. The van der Waals surface area contributed by atoms with Crippen molar-refractivity contribution in [1.82, 2.24) is 10.6 Å². The summed E-state index contributed by atoms with van der Waals surface area (Å²) in [6.07, 6.45) is 20.5. The fourth-order valence-corrected chi connectivity index (χ4v) is 13.8. The number of hydrogen-bond donors (Lipinski definition) is 3. The molecule has 4 unspecified atom stereocenters. The number of fused-ring (bicyclic) bond motifs is 7. The van der Waals surface area contributed by atoms with Gasteiger partial charge in [0.25, 0.3) is 0 Å². The molecular weight excluding hydrogens is 833 g/mol. The Balaban J connectivity index is 0.000000415. The van der Waals surface area contributed by atoms with Crippen LogP contribution < -0.4 is 10.6 Å². The molecule has 338 valence electrons. The molecule has 4 N–H and O–H groups in total. The van der Waals surface area contributed by atoms with Gasteiger partial charge in [-0.1, -0.05) is 84.2 Å². The van der Waals surface area contributed by atoms with E-state index in [1.807, 2.05) is 65.8 Å². The zero-order chi connectivity index (χ0) is 43.7. The number of esters is 2. The second-order valence-electron chi connectivity index (χ2n) is 17.0. The summed E-state index contributed by atoms with van der Waals surface area (Å²) in [5.74, 6) is -3.44. The predicted octanol–water partition coefficient (Wildman–Crippen LogP) is 7.55. The van der Waals surface area contributed by atoms with Crippen LogP contribution in [0.5, 0.6) is 0 Å². The molecule has 3 fully saturated rings. The maximum atomic E-state index is 12.7. The molecule has 12 nitrogen and oxygen atoms in total. The summed E-state index contributed by atoms with van der Waals surface area (Å²) in [4.78, 5) is 69.7. The van der Waals surface area contributed by atoms with Crippen molar-refractivity contribution in [3.05, 3.63) is 35.4 Å². The van der Waals surface area contributed by atoms with E-state index in [2.05, 4.69) is 48.4 Å². The molecule has 15 heteroatoms. The summed E-state index contributed by atoms with van der Waals surface area (Å²) in [6, 6.07) is -1.30. The summed E-state index contributed by atoms with van der Waals surface area (Å²) >= 11 is 0. The van der Waals surface area contributed by atoms with Gasteiger partial charge in [0, 0.05) is 28.3 Å². The SMILES string of the molecule is CCCNC(=O)[C@@H](NC(=O)[C@H]1C2C=CC(C2)[C@H]1C(=O)O)C(C)C.CCC[N-]C(=O)[C@@H]([NH-])C(C)C.CC[PH+](CC)CC[PH+](CC)CC.O=C1OC(=O)[C@H]2C3C=CC(C3)[C@@H]12.[Ni+2]. The van der Waals surface area contributed by atoms with Crippen LogP contribution in [0, 0.1) is 59.2 Å². The number of allylic oxidation sites excluding steroid dienone is 4. The molecular formula is C44H76N4NiO8P2+2. The zero-order valence-electron chi connectivity index (χ0n) is 37.3. The molecule has 5 aliphatic rings. The molecule has 0 aromatic carbocycles. The molecule has 1 saturated heterocycles. The number of ether oxygens (including phenoxy) is 1. The van der Waals surface area contributed by atoms with E-state index in [0.717, 1.165) is 19.3 Å². The van der Waals surface area contributed by atoms with Crippen molar-refractivity contribution in [1.29, 1.82) is 0 Å². The second kappa shape index (κ2) is 27.7. The van der Waals surface area contributed by atoms with Gasteiger partial charge >= 0.3 is 34.4 Å². The maximum absolute atomic E-state index is 12.7. The van der Waals surface area contributed by atoms with Crippen molar-refractivity contribution < 1.29 is 55.1 Å². The number of nitrogens with one attached hydrogen (secondary N) is 3. The quantitative estimate of drug-likeness (QED) is 0.0413. The molecule has 0 aromatic rings. The number of carbonyl (C=O) groups is 6. The van der Waals surface area contributed by atoms with Crippen LogP contribution in [0.15, 0.2) is 24.3 Å². The molecule has 4 aliphatic carbocycles. The van der Waals surface area contributed by atoms with Gasteiger partial charge < -0.3 is 36.3 Å². The fraction of sp³-hybridized carbons (Fsp3) is 0.773. The zero-order valence-corrected chi connectivity index (χ0v) is 40.3. The maximum Gasteiger partial charge on any atom is 2.00 e. The van der Waals surface area contributed by atoms with E-state index in [1.165, 1.54) is 24.6 Å². The van der Waals surface area contributed by atoms with Gasteiger partial charge in [-0.15, -0.1) is 6.54 Å². The third kappa shape index (κ3) is 15.9. The number of carboxylic acid groups (broad SMARTS) is 1. The number of cyclic esters (lactones) is 2. The third-order valence-corrected chi connectivity index (χ3v) is 18.7. The van der Waals surface area contributed by atoms with E-state index in [9.17, 15) is 33.9 Å². The molecule has 59 heavy (non-hydrogen) atoms. The Kier molecular flexibility index (Phi) is 25.7. The molecule has 1 aliphatic heterocycles. The first-order valence-corrected chi connectivity index (χ1v) is 26.3. The van der Waals surface area contributed by atoms with Gasteiger partial charge in [-0.2, -0.15) is 0 Å². The molecule has 4 bridgehead atoms. The van der Waals surface area contributed by atoms with E-state index < -0.39 is 29.9 Å². The van der Waals surface area contributed by atoms with E-state index in [-0.39, 0.29) is 109 Å². The standard InChI is InChI=1S/C17H26N2O4.C10H24P2.C9H8O3.C8H17N2O.Ni/c1-4-7-18-16(21)14(9(2)3)19-15(20)12-10-5-6-11(8-10)13(12)17(22)23;1-5-11(6-2)9-10-12(7-3)8-4;10-8-6-4-1-2-5(3-4)7(6)9(11)12-8;1-4-5-10-8(11)7(9)6(2)3;/h5-6,9-14H,4,7-8H2,1-3H3,(H,18,21)(H,19,20)(H,22,23);5-10H2,1-4H3;1-2,4-7H,3H2;6-7,9H,4-5H2,1-3H3,(H,10,11);/q;;;-1;+2/p+1/t10?,11?,12-,13+,14-;;4?,5?,6-,7+;7-;/m0..0./s1. The number of nitrogens with zero attached hydrogens (tertiary/aromatic N) is 1.